The Morgan fingerprint density at radius 3 is 1.31 bits per heavy atom. The number of hydrogen-bond acceptors (Lipinski definition) is 12. The number of fused-ring (bicyclic) bond motifs is 4. The number of hydrogen-bond donors (Lipinski definition) is 2. The molecule has 0 radical (unpaired) electrons. The number of nitro benzene ring substituents is 2. The van der Waals surface area contributed by atoms with Gasteiger partial charge in [-0.2, -0.15) is 0 Å². The second kappa shape index (κ2) is 14.3. The Kier molecular flexibility index (Phi) is 9.29. The molecule has 9 rings (SSSR count). The number of methoxy groups -OCH3 is 2. The molecule has 2 spiro atoms. The van der Waals surface area contributed by atoms with Gasteiger partial charge in [0.25, 0.3) is 11.4 Å². The van der Waals surface area contributed by atoms with E-state index in [2.05, 4.69) is 9.80 Å². The smallest absolute Gasteiger partial charge is 0.335 e. The highest BCUT2D eigenvalue weighted by Crippen LogP contribution is 2.59. The first kappa shape index (κ1) is 41.5. The van der Waals surface area contributed by atoms with Crippen LogP contribution in [0.3, 0.4) is 0 Å². The molecule has 0 amide bonds. The third kappa shape index (κ3) is 5.96. The van der Waals surface area contributed by atoms with Crippen LogP contribution in [0.1, 0.15) is 81.8 Å². The van der Waals surface area contributed by atoms with Gasteiger partial charge in [0.15, 0.2) is 23.0 Å². The minimum absolute atomic E-state index is 0.116. The maximum absolute atomic E-state index is 12.2. The summed E-state index contributed by atoms with van der Waals surface area (Å²) < 4.78 is 25.2. The van der Waals surface area contributed by atoms with Crippen LogP contribution in [0.5, 0.6) is 23.0 Å². The summed E-state index contributed by atoms with van der Waals surface area (Å²) in [4.78, 5) is 51.1. The zero-order valence-electron chi connectivity index (χ0n) is 35.6. The summed E-state index contributed by atoms with van der Waals surface area (Å²) in [6.07, 6.45) is 7.27. The Balaban J connectivity index is 1.10. The highest BCUT2D eigenvalue weighted by molar-refractivity contribution is 5.91. The van der Waals surface area contributed by atoms with Crippen molar-refractivity contribution in [2.45, 2.75) is 63.1 Å². The fourth-order valence-corrected chi connectivity index (χ4v) is 9.69. The molecule has 5 aromatic rings. The van der Waals surface area contributed by atoms with Gasteiger partial charge in [-0.1, -0.05) is 24.3 Å². The molecule has 0 fully saturated rings. The first-order valence-corrected chi connectivity index (χ1v) is 20.2. The number of carboxylic acids is 2. The lowest BCUT2D eigenvalue weighted by molar-refractivity contribution is -0.385. The topological polar surface area (TPSA) is 204 Å². The summed E-state index contributed by atoms with van der Waals surface area (Å²) in [5.41, 5.74) is 1.35. The van der Waals surface area contributed by atoms with Crippen molar-refractivity contribution in [2.75, 3.05) is 24.0 Å². The van der Waals surface area contributed by atoms with Crippen LogP contribution in [0, 0.1) is 20.2 Å². The molecule has 4 aliphatic rings. The van der Waals surface area contributed by atoms with E-state index >= 15 is 0 Å². The Labute approximate surface area is 366 Å². The van der Waals surface area contributed by atoms with E-state index in [9.17, 15) is 40.0 Å². The number of ether oxygens (including phenoxy) is 4. The highest BCUT2D eigenvalue weighted by Gasteiger charge is 2.61. The van der Waals surface area contributed by atoms with Gasteiger partial charge in [-0.15, -0.1) is 0 Å². The summed E-state index contributed by atoms with van der Waals surface area (Å²) in [5.74, 6) is -1.17. The second-order valence-corrected chi connectivity index (χ2v) is 17.2. The van der Waals surface area contributed by atoms with Gasteiger partial charge in [0.1, 0.15) is 0 Å². The molecule has 326 valence electrons. The molecule has 0 saturated carbocycles. The quantitative estimate of drug-likeness (QED) is 0.0993. The fourth-order valence-electron chi connectivity index (χ4n) is 9.69. The Morgan fingerprint density at radius 1 is 0.609 bits per heavy atom. The van der Waals surface area contributed by atoms with Crippen LogP contribution in [0.2, 0.25) is 0 Å². The van der Waals surface area contributed by atoms with Crippen LogP contribution >= 0.6 is 0 Å². The Morgan fingerprint density at radius 2 is 0.984 bits per heavy atom. The molecular weight excluding hydrogens is 825 g/mol. The van der Waals surface area contributed by atoms with Gasteiger partial charge in [-0.3, -0.25) is 20.2 Å². The van der Waals surface area contributed by atoms with Gasteiger partial charge in [0.2, 0.25) is 11.4 Å². The maximum Gasteiger partial charge on any atom is 0.335 e. The lowest BCUT2D eigenvalue weighted by Gasteiger charge is -2.47. The predicted octanol–water partition coefficient (Wildman–Crippen LogP) is 9.12. The van der Waals surface area contributed by atoms with Crippen LogP contribution in [0.25, 0.3) is 12.2 Å². The molecule has 64 heavy (non-hydrogen) atoms. The van der Waals surface area contributed by atoms with Gasteiger partial charge in [-0.25, -0.2) is 9.59 Å². The summed E-state index contributed by atoms with van der Waals surface area (Å²) in [7, 11) is 2.83. The average Bonchev–Trinajstić information content (AvgIpc) is 3.55. The first-order valence-electron chi connectivity index (χ1n) is 20.2. The molecule has 4 heterocycles. The number of carboxylic acid groups (broad SMARTS) is 2. The predicted molar refractivity (Wildman–Crippen MR) is 236 cm³/mol. The third-order valence-electron chi connectivity index (χ3n) is 13.2. The van der Waals surface area contributed by atoms with Crippen molar-refractivity contribution >= 4 is 46.8 Å². The lowest BCUT2D eigenvalue weighted by atomic mass is 9.76. The number of nitro groups is 2. The van der Waals surface area contributed by atoms with E-state index in [1.54, 1.807) is 48.6 Å². The number of anilines is 2. The van der Waals surface area contributed by atoms with Gasteiger partial charge in [-0.05, 0) is 111 Å². The van der Waals surface area contributed by atoms with E-state index in [-0.39, 0.29) is 34.0 Å². The van der Waals surface area contributed by atoms with E-state index in [4.69, 9.17) is 18.9 Å². The summed E-state index contributed by atoms with van der Waals surface area (Å²) in [6.45, 7) is 8.47. The standard InChI is InChI=1S/C48H42N4O12/c1-45(2)35-21-31(43(53)54)11-13-37(35)49(47(45)17-15-29-19-33(51(57)58)23-39(61-5)41(29)63-47)25-27-7-9-28(10-8-27)26-50-38-14-12-32(44(55)56)22-36(38)46(3,4)48(50)18-16-30-20-34(52(59)60)24-40(62-6)42(30)64-48/h7-24H,25-26H2,1-6H3,(H,53,54)(H,55,56). The molecule has 2 atom stereocenters. The fraction of sp³-hybridized carbons (Fsp3) is 0.250. The van der Waals surface area contributed by atoms with Crippen molar-refractivity contribution in [1.82, 2.24) is 0 Å². The van der Waals surface area contributed by atoms with Crippen LogP contribution in [0.4, 0.5) is 22.7 Å². The third-order valence-corrected chi connectivity index (χ3v) is 13.2. The molecular formula is C48H42N4O12. The molecule has 2 unspecified atom stereocenters. The van der Waals surface area contributed by atoms with E-state index < -0.39 is 44.1 Å². The maximum atomic E-state index is 12.2. The zero-order valence-corrected chi connectivity index (χ0v) is 35.6. The van der Waals surface area contributed by atoms with E-state index in [0.29, 0.717) is 35.7 Å². The molecule has 5 aromatic carbocycles. The van der Waals surface area contributed by atoms with Crippen molar-refractivity contribution < 1.29 is 48.6 Å². The van der Waals surface area contributed by atoms with Crippen LogP contribution in [-0.2, 0) is 23.9 Å². The summed E-state index contributed by atoms with van der Waals surface area (Å²) in [6, 6.07) is 23.4. The number of carbonyl (C=O) groups is 2. The van der Waals surface area contributed by atoms with Crippen LogP contribution in [0.15, 0.2) is 97.1 Å². The number of non-ortho nitro benzene ring substituents is 2. The average molecular weight is 867 g/mol. The number of rotatable bonds is 10. The molecule has 16 nitrogen and oxygen atoms in total. The van der Waals surface area contributed by atoms with Crippen molar-refractivity contribution in [3.8, 4) is 23.0 Å². The van der Waals surface area contributed by atoms with Gasteiger partial charge in [0, 0.05) is 47.7 Å². The second-order valence-electron chi connectivity index (χ2n) is 17.2. The molecule has 0 aromatic heterocycles. The first-order chi connectivity index (χ1) is 30.3. The van der Waals surface area contributed by atoms with Crippen molar-refractivity contribution in [2.24, 2.45) is 0 Å². The molecule has 0 bridgehead atoms. The van der Waals surface area contributed by atoms with Crippen molar-refractivity contribution in [3.05, 3.63) is 162 Å². The largest absolute Gasteiger partial charge is 0.493 e. The number of aromatic carboxylic acids is 2. The molecule has 0 saturated heterocycles. The van der Waals surface area contributed by atoms with E-state index in [0.717, 1.165) is 33.6 Å². The van der Waals surface area contributed by atoms with Crippen molar-refractivity contribution in [3.63, 3.8) is 0 Å². The summed E-state index contributed by atoms with van der Waals surface area (Å²) >= 11 is 0. The SMILES string of the molecule is COc1cc([N+](=O)[O-])cc2c1OC1(C=C2)N(Cc2ccc(CN3c4ccc(C(=O)O)cc4C(C)(C)C34C=Cc3cc([N+](=O)[O-])cc(OC)c3O4)cc2)c2ccc(C(=O)O)cc2C1(C)C. The Hall–Kier alpha value is -7.88. The van der Waals surface area contributed by atoms with Gasteiger partial charge in [0.05, 0.1) is 58.2 Å². The zero-order chi connectivity index (χ0) is 45.7. The monoisotopic (exact) mass is 866 g/mol. The highest BCUT2D eigenvalue weighted by atomic mass is 16.6. The van der Waals surface area contributed by atoms with Crippen molar-refractivity contribution in [1.29, 1.82) is 0 Å². The molecule has 0 aliphatic carbocycles. The normalized spacial score (nSPS) is 20.2. The number of nitrogens with zero attached hydrogens (tertiary/aromatic N) is 4. The minimum Gasteiger partial charge on any atom is -0.493 e. The lowest BCUT2D eigenvalue weighted by Crippen LogP contribution is -2.59. The van der Waals surface area contributed by atoms with E-state index in [1.165, 1.54) is 38.5 Å². The summed E-state index contributed by atoms with van der Waals surface area (Å²) in [5, 5.41) is 43.5. The Bertz CT molecular complexity index is 2730. The van der Waals surface area contributed by atoms with Crippen LogP contribution in [-0.4, -0.2) is 57.7 Å². The van der Waals surface area contributed by atoms with Gasteiger partial charge < -0.3 is 39.0 Å². The van der Waals surface area contributed by atoms with Gasteiger partial charge >= 0.3 is 11.9 Å². The molecule has 2 N–H and O–H groups in total. The van der Waals surface area contributed by atoms with Crippen LogP contribution < -0.4 is 28.7 Å². The minimum atomic E-state index is -1.24. The number of benzene rings is 5. The molecule has 16 heteroatoms. The van der Waals surface area contributed by atoms with E-state index in [1.807, 2.05) is 64.1 Å². The molecule has 4 aliphatic heterocycles.